The Bertz CT molecular complexity index is 489. The number of carbonyl (C=O) groups excluding carboxylic acids is 2. The van der Waals surface area contributed by atoms with Crippen LogP contribution in [-0.2, 0) is 16.0 Å². The van der Waals surface area contributed by atoms with Crippen LogP contribution in [0.3, 0.4) is 0 Å². The number of ether oxygens (including phenoxy) is 1. The molecule has 0 saturated heterocycles. The lowest BCUT2D eigenvalue weighted by Crippen LogP contribution is -2.42. The van der Waals surface area contributed by atoms with Gasteiger partial charge in [-0.15, -0.1) is 0 Å². The second-order valence-corrected chi connectivity index (χ2v) is 5.50. The fourth-order valence-electron chi connectivity index (χ4n) is 2.84. The van der Waals surface area contributed by atoms with E-state index < -0.39 is 0 Å². The highest BCUT2D eigenvalue weighted by Gasteiger charge is 2.29. The Morgan fingerprint density at radius 3 is 2.33 bits per heavy atom. The van der Waals surface area contributed by atoms with Gasteiger partial charge in [0.2, 0.25) is 0 Å². The van der Waals surface area contributed by atoms with E-state index in [1.165, 1.54) is 12.7 Å². The van der Waals surface area contributed by atoms with Gasteiger partial charge in [0.1, 0.15) is 6.54 Å². The molecule has 4 heteroatoms. The maximum absolute atomic E-state index is 12.7. The Kier molecular flexibility index (Phi) is 5.37. The van der Waals surface area contributed by atoms with E-state index in [0.29, 0.717) is 5.56 Å². The lowest BCUT2D eigenvalue weighted by molar-refractivity contribution is -0.141. The third-order valence-electron chi connectivity index (χ3n) is 4.16. The standard InChI is InChI=1S/C17H23NO3/c1-3-13-8-10-14(11-9-13)17(20)18(12-16(19)21-2)15-6-4-5-7-15/h8-11,15H,3-7,12H2,1-2H3. The van der Waals surface area contributed by atoms with Gasteiger partial charge in [0, 0.05) is 11.6 Å². The van der Waals surface area contributed by atoms with Crippen molar-refractivity contribution in [1.29, 1.82) is 0 Å². The Labute approximate surface area is 126 Å². The summed E-state index contributed by atoms with van der Waals surface area (Å²) in [6.45, 7) is 2.12. The summed E-state index contributed by atoms with van der Waals surface area (Å²) in [6, 6.07) is 7.79. The topological polar surface area (TPSA) is 46.6 Å². The summed E-state index contributed by atoms with van der Waals surface area (Å²) in [5, 5.41) is 0. The average molecular weight is 289 g/mol. The number of hydrogen-bond donors (Lipinski definition) is 0. The maximum atomic E-state index is 12.7. The number of carbonyl (C=O) groups is 2. The molecule has 0 unspecified atom stereocenters. The Morgan fingerprint density at radius 1 is 1.19 bits per heavy atom. The molecule has 4 nitrogen and oxygen atoms in total. The Balaban J connectivity index is 2.17. The molecule has 2 rings (SSSR count). The first-order chi connectivity index (χ1) is 10.2. The van der Waals surface area contributed by atoms with Crippen molar-refractivity contribution in [1.82, 2.24) is 4.90 Å². The van der Waals surface area contributed by atoms with Crippen LogP contribution in [0.4, 0.5) is 0 Å². The first-order valence-electron chi connectivity index (χ1n) is 7.62. The highest BCUT2D eigenvalue weighted by atomic mass is 16.5. The van der Waals surface area contributed by atoms with E-state index in [9.17, 15) is 9.59 Å². The van der Waals surface area contributed by atoms with Gasteiger partial charge in [0.15, 0.2) is 0 Å². The third-order valence-corrected chi connectivity index (χ3v) is 4.16. The van der Waals surface area contributed by atoms with Gasteiger partial charge in [0.05, 0.1) is 7.11 Å². The molecule has 1 aromatic carbocycles. The number of rotatable bonds is 5. The molecular weight excluding hydrogens is 266 g/mol. The molecular formula is C17H23NO3. The van der Waals surface area contributed by atoms with Crippen molar-refractivity contribution in [2.75, 3.05) is 13.7 Å². The van der Waals surface area contributed by atoms with Gasteiger partial charge in [-0.1, -0.05) is 31.9 Å². The predicted molar refractivity (Wildman–Crippen MR) is 81.1 cm³/mol. The van der Waals surface area contributed by atoms with E-state index >= 15 is 0 Å². The molecule has 0 N–H and O–H groups in total. The van der Waals surface area contributed by atoms with E-state index in [-0.39, 0.29) is 24.5 Å². The van der Waals surface area contributed by atoms with Gasteiger partial charge < -0.3 is 9.64 Å². The minimum Gasteiger partial charge on any atom is -0.468 e. The number of amides is 1. The van der Waals surface area contributed by atoms with Crippen LogP contribution < -0.4 is 0 Å². The SMILES string of the molecule is CCc1ccc(C(=O)N(CC(=O)OC)C2CCCC2)cc1. The number of nitrogens with zero attached hydrogens (tertiary/aromatic N) is 1. The van der Waals surface area contributed by atoms with Crippen molar-refractivity contribution in [3.63, 3.8) is 0 Å². The van der Waals surface area contributed by atoms with Crippen LogP contribution in [0, 0.1) is 0 Å². The Hall–Kier alpha value is -1.84. The fourth-order valence-corrected chi connectivity index (χ4v) is 2.84. The smallest absolute Gasteiger partial charge is 0.325 e. The quantitative estimate of drug-likeness (QED) is 0.783. The van der Waals surface area contributed by atoms with E-state index in [1.807, 2.05) is 24.3 Å². The molecule has 0 aliphatic heterocycles. The van der Waals surface area contributed by atoms with E-state index in [1.54, 1.807) is 4.90 Å². The summed E-state index contributed by atoms with van der Waals surface area (Å²) >= 11 is 0. The minimum absolute atomic E-state index is 0.0372. The molecule has 1 fully saturated rings. The summed E-state index contributed by atoms with van der Waals surface area (Å²) in [5.41, 5.74) is 1.84. The largest absolute Gasteiger partial charge is 0.468 e. The first-order valence-corrected chi connectivity index (χ1v) is 7.62. The summed E-state index contributed by atoms with van der Waals surface area (Å²) < 4.78 is 4.73. The van der Waals surface area contributed by atoms with Gasteiger partial charge in [-0.3, -0.25) is 9.59 Å². The van der Waals surface area contributed by atoms with Gasteiger partial charge >= 0.3 is 5.97 Å². The summed E-state index contributed by atoms with van der Waals surface area (Å²) in [5.74, 6) is -0.435. The van der Waals surface area contributed by atoms with Crippen molar-refractivity contribution >= 4 is 11.9 Å². The number of esters is 1. The van der Waals surface area contributed by atoms with Crippen molar-refractivity contribution in [3.05, 3.63) is 35.4 Å². The predicted octanol–water partition coefficient (Wildman–Crippen LogP) is 2.81. The lowest BCUT2D eigenvalue weighted by Gasteiger charge is -2.28. The number of hydrogen-bond acceptors (Lipinski definition) is 3. The van der Waals surface area contributed by atoms with E-state index in [0.717, 1.165) is 32.1 Å². The van der Waals surface area contributed by atoms with Gasteiger partial charge in [-0.2, -0.15) is 0 Å². The van der Waals surface area contributed by atoms with Crippen LogP contribution in [0.25, 0.3) is 0 Å². The monoisotopic (exact) mass is 289 g/mol. The van der Waals surface area contributed by atoms with Crippen LogP contribution in [0.15, 0.2) is 24.3 Å². The molecule has 1 amide bonds. The first kappa shape index (κ1) is 15.5. The molecule has 0 aromatic heterocycles. The fraction of sp³-hybridized carbons (Fsp3) is 0.529. The molecule has 0 bridgehead atoms. The van der Waals surface area contributed by atoms with Crippen LogP contribution in [0.1, 0.15) is 48.5 Å². The second kappa shape index (κ2) is 7.25. The zero-order valence-electron chi connectivity index (χ0n) is 12.8. The highest BCUT2D eigenvalue weighted by Crippen LogP contribution is 2.25. The molecule has 0 heterocycles. The molecule has 21 heavy (non-hydrogen) atoms. The lowest BCUT2D eigenvalue weighted by atomic mass is 10.1. The van der Waals surface area contributed by atoms with Crippen LogP contribution in [-0.4, -0.2) is 36.5 Å². The molecule has 0 spiro atoms. The zero-order chi connectivity index (χ0) is 15.2. The molecule has 1 saturated carbocycles. The van der Waals surface area contributed by atoms with Crippen molar-refractivity contribution in [3.8, 4) is 0 Å². The normalized spacial score (nSPS) is 15.0. The minimum atomic E-state index is -0.361. The van der Waals surface area contributed by atoms with Crippen LogP contribution >= 0.6 is 0 Å². The number of methoxy groups -OCH3 is 1. The summed E-state index contributed by atoms with van der Waals surface area (Å²) in [6.07, 6.45) is 5.11. The molecule has 0 radical (unpaired) electrons. The van der Waals surface area contributed by atoms with Crippen molar-refractivity contribution in [2.45, 2.75) is 45.1 Å². The van der Waals surface area contributed by atoms with Gasteiger partial charge in [-0.25, -0.2) is 0 Å². The van der Waals surface area contributed by atoms with E-state index in [2.05, 4.69) is 6.92 Å². The van der Waals surface area contributed by atoms with Crippen molar-refractivity contribution < 1.29 is 14.3 Å². The molecule has 1 aliphatic rings. The third kappa shape index (κ3) is 3.84. The maximum Gasteiger partial charge on any atom is 0.325 e. The zero-order valence-corrected chi connectivity index (χ0v) is 12.8. The average Bonchev–Trinajstić information content (AvgIpc) is 3.06. The van der Waals surface area contributed by atoms with Gasteiger partial charge in [0.25, 0.3) is 5.91 Å². The number of benzene rings is 1. The molecule has 1 aliphatic carbocycles. The second-order valence-electron chi connectivity index (χ2n) is 5.50. The van der Waals surface area contributed by atoms with Crippen LogP contribution in [0.2, 0.25) is 0 Å². The molecule has 1 aromatic rings. The van der Waals surface area contributed by atoms with Crippen LogP contribution in [0.5, 0.6) is 0 Å². The summed E-state index contributed by atoms with van der Waals surface area (Å²) in [4.78, 5) is 26.0. The molecule has 0 atom stereocenters. The Morgan fingerprint density at radius 2 is 1.81 bits per heavy atom. The van der Waals surface area contributed by atoms with Crippen molar-refractivity contribution in [2.24, 2.45) is 0 Å². The van der Waals surface area contributed by atoms with Gasteiger partial charge in [-0.05, 0) is 37.0 Å². The highest BCUT2D eigenvalue weighted by molar-refractivity contribution is 5.96. The number of aryl methyl sites for hydroxylation is 1. The molecule has 114 valence electrons. The summed E-state index contributed by atoms with van der Waals surface area (Å²) in [7, 11) is 1.36. The van der Waals surface area contributed by atoms with E-state index in [4.69, 9.17) is 4.74 Å².